The van der Waals surface area contributed by atoms with Crippen LogP contribution in [0.2, 0.25) is 0 Å². The lowest BCUT2D eigenvalue weighted by atomic mass is 10.1. The van der Waals surface area contributed by atoms with E-state index in [1.807, 2.05) is 17.0 Å². The van der Waals surface area contributed by atoms with Crippen molar-refractivity contribution in [2.75, 3.05) is 37.3 Å². The molecule has 26 heavy (non-hydrogen) atoms. The van der Waals surface area contributed by atoms with Gasteiger partial charge in [0, 0.05) is 43.7 Å². The minimum atomic E-state index is -3.12. The number of benzene rings is 2. The van der Waals surface area contributed by atoms with Gasteiger partial charge in [-0.1, -0.05) is 30.3 Å². The lowest BCUT2D eigenvalue weighted by Crippen LogP contribution is -2.49. The van der Waals surface area contributed by atoms with E-state index in [4.69, 9.17) is 0 Å². The molecule has 0 radical (unpaired) electrons. The predicted octanol–water partition coefficient (Wildman–Crippen LogP) is 2.50. The molecular weight excluding hydrogens is 348 g/mol. The molecule has 1 heterocycles. The molecule has 0 aliphatic carbocycles. The van der Waals surface area contributed by atoms with E-state index in [0.29, 0.717) is 24.2 Å². The molecule has 6 heteroatoms. The van der Waals surface area contributed by atoms with Crippen LogP contribution in [-0.4, -0.2) is 51.7 Å². The molecule has 0 bridgehead atoms. The second-order valence-electron chi connectivity index (χ2n) is 6.84. The normalized spacial score (nSPS) is 15.2. The van der Waals surface area contributed by atoms with E-state index in [2.05, 4.69) is 24.0 Å². The van der Waals surface area contributed by atoms with Gasteiger partial charge in [-0.25, -0.2) is 8.42 Å². The fourth-order valence-corrected chi connectivity index (χ4v) is 4.13. The standard InChI is InChI=1S/C20H24N2O3S/c1-16-6-3-4-9-19(16)21-10-12-22(13-11-21)20(23)18-8-5-7-17(14-18)15-26(2,24)25/h3-9,14H,10-13,15H2,1-2H3. The number of hydrogen-bond donors (Lipinski definition) is 0. The Labute approximate surface area is 155 Å². The van der Waals surface area contributed by atoms with Crippen LogP contribution in [0.25, 0.3) is 0 Å². The zero-order valence-electron chi connectivity index (χ0n) is 15.2. The average Bonchev–Trinajstić information content (AvgIpc) is 2.60. The zero-order valence-corrected chi connectivity index (χ0v) is 16.0. The summed E-state index contributed by atoms with van der Waals surface area (Å²) in [6.45, 7) is 4.99. The second-order valence-corrected chi connectivity index (χ2v) is 8.98. The molecule has 0 atom stereocenters. The quantitative estimate of drug-likeness (QED) is 0.827. The molecule has 138 valence electrons. The Balaban J connectivity index is 1.67. The van der Waals surface area contributed by atoms with Crippen molar-refractivity contribution in [2.45, 2.75) is 12.7 Å². The number of sulfone groups is 1. The van der Waals surface area contributed by atoms with Crippen LogP contribution in [0.4, 0.5) is 5.69 Å². The molecule has 2 aromatic carbocycles. The van der Waals surface area contributed by atoms with Crippen molar-refractivity contribution in [3.63, 3.8) is 0 Å². The molecule has 1 saturated heterocycles. The van der Waals surface area contributed by atoms with E-state index in [1.54, 1.807) is 24.3 Å². The Kier molecular flexibility index (Phi) is 5.32. The highest BCUT2D eigenvalue weighted by Crippen LogP contribution is 2.21. The monoisotopic (exact) mass is 372 g/mol. The number of rotatable bonds is 4. The number of anilines is 1. The van der Waals surface area contributed by atoms with E-state index in [-0.39, 0.29) is 11.7 Å². The summed E-state index contributed by atoms with van der Waals surface area (Å²) in [4.78, 5) is 16.9. The number of carbonyl (C=O) groups is 1. The van der Waals surface area contributed by atoms with Crippen molar-refractivity contribution in [1.82, 2.24) is 4.90 Å². The highest BCUT2D eigenvalue weighted by atomic mass is 32.2. The molecule has 1 aliphatic rings. The SMILES string of the molecule is Cc1ccccc1N1CCN(C(=O)c2cccc(CS(C)(=O)=O)c2)CC1. The molecule has 2 aromatic rings. The van der Waals surface area contributed by atoms with E-state index in [0.717, 1.165) is 13.1 Å². The van der Waals surface area contributed by atoms with E-state index >= 15 is 0 Å². The van der Waals surface area contributed by atoms with Crippen LogP contribution in [0.1, 0.15) is 21.5 Å². The third kappa shape index (κ3) is 4.43. The summed E-state index contributed by atoms with van der Waals surface area (Å²) in [5.74, 6) is -0.0837. The summed E-state index contributed by atoms with van der Waals surface area (Å²) in [6.07, 6.45) is 1.20. The van der Waals surface area contributed by atoms with Gasteiger partial charge in [-0.15, -0.1) is 0 Å². The van der Waals surface area contributed by atoms with Crippen LogP contribution >= 0.6 is 0 Å². The molecule has 0 N–H and O–H groups in total. The van der Waals surface area contributed by atoms with Gasteiger partial charge in [0.15, 0.2) is 9.84 Å². The summed E-state index contributed by atoms with van der Waals surface area (Å²) in [5.41, 5.74) is 3.66. The van der Waals surface area contributed by atoms with Gasteiger partial charge >= 0.3 is 0 Å². The summed E-state index contributed by atoms with van der Waals surface area (Å²) in [7, 11) is -3.12. The molecule has 0 spiro atoms. The average molecular weight is 372 g/mol. The minimum absolute atomic E-state index is 0.0372. The first-order chi connectivity index (χ1) is 12.3. The van der Waals surface area contributed by atoms with Crippen LogP contribution < -0.4 is 4.90 Å². The maximum Gasteiger partial charge on any atom is 0.253 e. The molecule has 1 fully saturated rings. The summed E-state index contributed by atoms with van der Waals surface area (Å²) < 4.78 is 23.0. The number of carbonyl (C=O) groups excluding carboxylic acids is 1. The molecular formula is C20H24N2O3S. The van der Waals surface area contributed by atoms with E-state index in [9.17, 15) is 13.2 Å². The van der Waals surface area contributed by atoms with Gasteiger partial charge in [0.05, 0.1) is 5.75 Å². The van der Waals surface area contributed by atoms with Crippen molar-refractivity contribution < 1.29 is 13.2 Å². The van der Waals surface area contributed by atoms with Gasteiger partial charge in [-0.05, 0) is 36.2 Å². The maximum absolute atomic E-state index is 12.8. The number of amides is 1. The van der Waals surface area contributed by atoms with Crippen molar-refractivity contribution in [1.29, 1.82) is 0 Å². The lowest BCUT2D eigenvalue weighted by Gasteiger charge is -2.36. The third-order valence-corrected chi connectivity index (χ3v) is 5.48. The Hall–Kier alpha value is -2.34. The third-order valence-electron chi connectivity index (χ3n) is 4.63. The summed E-state index contributed by atoms with van der Waals surface area (Å²) in [5, 5.41) is 0. The van der Waals surface area contributed by atoms with Crippen LogP contribution in [-0.2, 0) is 15.6 Å². The van der Waals surface area contributed by atoms with Crippen LogP contribution in [0, 0.1) is 6.92 Å². The fraction of sp³-hybridized carbons (Fsp3) is 0.350. The first kappa shape index (κ1) is 18.5. The smallest absolute Gasteiger partial charge is 0.253 e. The van der Waals surface area contributed by atoms with Crippen LogP contribution in [0.15, 0.2) is 48.5 Å². The van der Waals surface area contributed by atoms with Gasteiger partial charge in [0.2, 0.25) is 0 Å². The highest BCUT2D eigenvalue weighted by Gasteiger charge is 2.23. The molecule has 1 aliphatic heterocycles. The Morgan fingerprint density at radius 2 is 1.69 bits per heavy atom. The van der Waals surface area contributed by atoms with Gasteiger partial charge in [-0.2, -0.15) is 0 Å². The number of hydrogen-bond acceptors (Lipinski definition) is 4. The fourth-order valence-electron chi connectivity index (χ4n) is 3.35. The number of nitrogens with zero attached hydrogens (tertiary/aromatic N) is 2. The van der Waals surface area contributed by atoms with Crippen molar-refractivity contribution in [3.8, 4) is 0 Å². The van der Waals surface area contributed by atoms with Crippen LogP contribution in [0.3, 0.4) is 0 Å². The molecule has 0 unspecified atom stereocenters. The zero-order chi connectivity index (χ0) is 18.7. The van der Waals surface area contributed by atoms with Crippen molar-refractivity contribution in [3.05, 3.63) is 65.2 Å². The first-order valence-corrected chi connectivity index (χ1v) is 10.8. The summed E-state index contributed by atoms with van der Waals surface area (Å²) in [6, 6.07) is 15.2. The first-order valence-electron chi connectivity index (χ1n) is 8.70. The van der Waals surface area contributed by atoms with Gasteiger partial charge < -0.3 is 9.80 Å². The van der Waals surface area contributed by atoms with E-state index < -0.39 is 9.84 Å². The van der Waals surface area contributed by atoms with Crippen molar-refractivity contribution in [2.24, 2.45) is 0 Å². The molecule has 1 amide bonds. The maximum atomic E-state index is 12.8. The second kappa shape index (κ2) is 7.50. The Morgan fingerprint density at radius 3 is 2.35 bits per heavy atom. The lowest BCUT2D eigenvalue weighted by molar-refractivity contribution is 0.0746. The predicted molar refractivity (Wildman–Crippen MR) is 104 cm³/mol. The van der Waals surface area contributed by atoms with E-state index in [1.165, 1.54) is 17.5 Å². The Morgan fingerprint density at radius 1 is 1.00 bits per heavy atom. The number of piperazine rings is 1. The molecule has 5 nitrogen and oxygen atoms in total. The van der Waals surface area contributed by atoms with Gasteiger partial charge in [-0.3, -0.25) is 4.79 Å². The minimum Gasteiger partial charge on any atom is -0.368 e. The summed E-state index contributed by atoms with van der Waals surface area (Å²) >= 11 is 0. The highest BCUT2D eigenvalue weighted by molar-refractivity contribution is 7.89. The molecule has 0 aromatic heterocycles. The van der Waals surface area contributed by atoms with Gasteiger partial charge in [0.1, 0.15) is 0 Å². The molecule has 3 rings (SSSR count). The topological polar surface area (TPSA) is 57.7 Å². The number of para-hydroxylation sites is 1. The Bertz CT molecular complexity index is 901. The van der Waals surface area contributed by atoms with Gasteiger partial charge in [0.25, 0.3) is 5.91 Å². The van der Waals surface area contributed by atoms with Crippen molar-refractivity contribution >= 4 is 21.4 Å². The van der Waals surface area contributed by atoms with Crippen LogP contribution in [0.5, 0.6) is 0 Å². The number of aryl methyl sites for hydroxylation is 1. The largest absolute Gasteiger partial charge is 0.368 e. The molecule has 0 saturated carbocycles.